The smallest absolute Gasteiger partial charge is 0.422 e. The predicted octanol–water partition coefficient (Wildman–Crippen LogP) is 3.02. The topological polar surface area (TPSA) is 76.6 Å². The van der Waals surface area contributed by atoms with Gasteiger partial charge in [0.05, 0.1) is 10.5 Å². The average molecular weight is 414 g/mol. The molecule has 6 nitrogen and oxygen atoms in total. The van der Waals surface area contributed by atoms with Crippen molar-refractivity contribution in [1.82, 2.24) is 4.98 Å². The van der Waals surface area contributed by atoms with Crippen molar-refractivity contribution < 1.29 is 31.1 Å². The average Bonchev–Trinajstić information content (AvgIpc) is 2.64. The first-order chi connectivity index (χ1) is 13.0. The van der Waals surface area contributed by atoms with Gasteiger partial charge in [0.25, 0.3) is 5.91 Å². The number of pyridine rings is 1. The van der Waals surface area contributed by atoms with Gasteiger partial charge in [-0.1, -0.05) is 0 Å². The summed E-state index contributed by atoms with van der Waals surface area (Å²) in [5.74, 6) is -0.603. The molecule has 1 amide bonds. The van der Waals surface area contributed by atoms with Gasteiger partial charge in [-0.25, -0.2) is 13.4 Å². The van der Waals surface area contributed by atoms with Crippen LogP contribution in [-0.2, 0) is 16.3 Å². The third kappa shape index (κ3) is 4.61. The largest absolute Gasteiger partial charge is 0.468 e. The number of ether oxygens (including phenoxy) is 1. The Bertz CT molecular complexity index is 989. The summed E-state index contributed by atoms with van der Waals surface area (Å²) in [4.78, 5) is 18.3. The Morgan fingerprint density at radius 2 is 2.00 bits per heavy atom. The SMILES string of the molecule is CS(=O)(=O)c1ccc2c(c1)CCCN2C(=O)c1ccc(OCC(F)(F)F)nc1. The number of carbonyl (C=O) groups excluding carboxylic acids is 1. The Labute approximate surface area is 159 Å². The minimum atomic E-state index is -4.47. The van der Waals surface area contributed by atoms with Crippen molar-refractivity contribution in [2.75, 3.05) is 24.3 Å². The number of hydrogen-bond donors (Lipinski definition) is 0. The van der Waals surface area contributed by atoms with Crippen LogP contribution in [0.2, 0.25) is 0 Å². The zero-order valence-electron chi connectivity index (χ0n) is 14.9. The van der Waals surface area contributed by atoms with E-state index in [1.54, 1.807) is 12.1 Å². The molecule has 10 heteroatoms. The molecule has 0 saturated heterocycles. The normalized spacial score (nSPS) is 14.5. The lowest BCUT2D eigenvalue weighted by Gasteiger charge is -2.29. The molecule has 2 aromatic rings. The second-order valence-electron chi connectivity index (χ2n) is 6.41. The van der Waals surface area contributed by atoms with Crippen LogP contribution in [0.15, 0.2) is 41.4 Å². The van der Waals surface area contributed by atoms with E-state index < -0.39 is 22.6 Å². The number of alkyl halides is 3. The van der Waals surface area contributed by atoms with Gasteiger partial charge in [-0.2, -0.15) is 13.2 Å². The summed E-state index contributed by atoms with van der Waals surface area (Å²) in [6.45, 7) is -1.02. The lowest BCUT2D eigenvalue weighted by molar-refractivity contribution is -0.154. The van der Waals surface area contributed by atoms with E-state index >= 15 is 0 Å². The molecule has 0 radical (unpaired) electrons. The Morgan fingerprint density at radius 3 is 2.61 bits per heavy atom. The number of halogens is 3. The van der Waals surface area contributed by atoms with Crippen LogP contribution < -0.4 is 9.64 Å². The molecule has 1 aromatic heterocycles. The molecule has 150 valence electrons. The number of rotatable bonds is 4. The molecule has 0 fully saturated rings. The summed E-state index contributed by atoms with van der Waals surface area (Å²) < 4.78 is 64.5. The quantitative estimate of drug-likeness (QED) is 0.769. The Hall–Kier alpha value is -2.62. The summed E-state index contributed by atoms with van der Waals surface area (Å²) in [7, 11) is -3.35. The van der Waals surface area contributed by atoms with Crippen molar-refractivity contribution >= 4 is 21.4 Å². The van der Waals surface area contributed by atoms with Crippen molar-refractivity contribution in [1.29, 1.82) is 0 Å². The molecule has 1 aromatic carbocycles. The molecular formula is C18H17F3N2O4S. The number of anilines is 1. The van der Waals surface area contributed by atoms with Crippen LogP contribution in [0.5, 0.6) is 5.88 Å². The van der Waals surface area contributed by atoms with Crippen molar-refractivity contribution in [3.8, 4) is 5.88 Å². The first-order valence-electron chi connectivity index (χ1n) is 8.35. The Morgan fingerprint density at radius 1 is 1.25 bits per heavy atom. The third-order valence-corrected chi connectivity index (χ3v) is 5.32. The monoisotopic (exact) mass is 414 g/mol. The third-order valence-electron chi connectivity index (χ3n) is 4.21. The number of fused-ring (bicyclic) bond motifs is 1. The summed E-state index contributed by atoms with van der Waals surface area (Å²) >= 11 is 0. The molecule has 0 bridgehead atoms. The van der Waals surface area contributed by atoms with E-state index in [1.807, 2.05) is 0 Å². The van der Waals surface area contributed by atoms with E-state index in [9.17, 15) is 26.4 Å². The highest BCUT2D eigenvalue weighted by molar-refractivity contribution is 7.90. The van der Waals surface area contributed by atoms with Gasteiger partial charge in [-0.15, -0.1) is 0 Å². The van der Waals surface area contributed by atoms with Gasteiger partial charge in [-0.3, -0.25) is 4.79 Å². The molecule has 28 heavy (non-hydrogen) atoms. The highest BCUT2D eigenvalue weighted by Crippen LogP contribution is 2.30. The van der Waals surface area contributed by atoms with Crippen LogP contribution in [0.3, 0.4) is 0 Å². The summed E-state index contributed by atoms with van der Waals surface area (Å²) in [6.07, 6.45) is -0.892. The van der Waals surface area contributed by atoms with Gasteiger partial charge < -0.3 is 9.64 Å². The Balaban J connectivity index is 1.80. The van der Waals surface area contributed by atoms with E-state index in [0.29, 0.717) is 25.1 Å². The van der Waals surface area contributed by atoms with Crippen molar-refractivity contribution in [3.05, 3.63) is 47.7 Å². The lowest BCUT2D eigenvalue weighted by Crippen LogP contribution is -2.35. The minimum absolute atomic E-state index is 0.188. The van der Waals surface area contributed by atoms with Gasteiger partial charge in [-0.05, 0) is 42.7 Å². The second kappa shape index (κ2) is 7.42. The maximum Gasteiger partial charge on any atom is 0.422 e. The molecule has 0 aliphatic carbocycles. The lowest BCUT2D eigenvalue weighted by atomic mass is 10.0. The van der Waals surface area contributed by atoms with E-state index in [1.165, 1.54) is 23.1 Å². The summed E-state index contributed by atoms with van der Waals surface area (Å²) in [6, 6.07) is 7.16. The van der Waals surface area contributed by atoms with Crippen LogP contribution in [-0.4, -0.2) is 44.9 Å². The fraction of sp³-hybridized carbons (Fsp3) is 0.333. The number of aryl methyl sites for hydroxylation is 1. The number of carbonyl (C=O) groups is 1. The highest BCUT2D eigenvalue weighted by atomic mass is 32.2. The number of benzene rings is 1. The maximum atomic E-state index is 12.8. The number of nitrogens with zero attached hydrogens (tertiary/aromatic N) is 2. The predicted molar refractivity (Wildman–Crippen MR) is 95.3 cm³/mol. The molecule has 0 atom stereocenters. The zero-order chi connectivity index (χ0) is 20.5. The highest BCUT2D eigenvalue weighted by Gasteiger charge is 2.29. The Kier molecular flexibility index (Phi) is 5.33. The molecule has 0 N–H and O–H groups in total. The maximum absolute atomic E-state index is 12.8. The first kappa shape index (κ1) is 20.1. The van der Waals surface area contributed by atoms with Gasteiger partial charge in [0, 0.05) is 30.8 Å². The number of hydrogen-bond acceptors (Lipinski definition) is 5. The van der Waals surface area contributed by atoms with E-state index in [4.69, 9.17) is 0 Å². The summed E-state index contributed by atoms with van der Waals surface area (Å²) in [5.41, 5.74) is 1.56. The number of amides is 1. The van der Waals surface area contributed by atoms with Crippen LogP contribution in [0.4, 0.5) is 18.9 Å². The fourth-order valence-corrected chi connectivity index (χ4v) is 3.59. The van der Waals surface area contributed by atoms with E-state index in [-0.39, 0.29) is 22.2 Å². The molecule has 0 unspecified atom stereocenters. The molecule has 0 saturated carbocycles. The summed E-state index contributed by atoms with van der Waals surface area (Å²) in [5, 5.41) is 0. The zero-order valence-corrected chi connectivity index (χ0v) is 15.7. The molecule has 3 rings (SSSR count). The van der Waals surface area contributed by atoms with Crippen LogP contribution in [0.1, 0.15) is 22.3 Å². The fourth-order valence-electron chi connectivity index (χ4n) is 2.92. The molecule has 2 heterocycles. The molecule has 0 spiro atoms. The van der Waals surface area contributed by atoms with Crippen LogP contribution in [0, 0.1) is 0 Å². The number of aromatic nitrogens is 1. The van der Waals surface area contributed by atoms with Crippen LogP contribution >= 0.6 is 0 Å². The minimum Gasteiger partial charge on any atom is -0.468 e. The molecule has 1 aliphatic heterocycles. The van der Waals surface area contributed by atoms with Gasteiger partial charge in [0.15, 0.2) is 16.4 Å². The van der Waals surface area contributed by atoms with E-state index in [2.05, 4.69) is 9.72 Å². The van der Waals surface area contributed by atoms with Gasteiger partial charge >= 0.3 is 6.18 Å². The van der Waals surface area contributed by atoms with Gasteiger partial charge in [0.2, 0.25) is 5.88 Å². The van der Waals surface area contributed by atoms with Crippen LogP contribution in [0.25, 0.3) is 0 Å². The first-order valence-corrected chi connectivity index (χ1v) is 10.2. The molecular weight excluding hydrogens is 397 g/mol. The second-order valence-corrected chi connectivity index (χ2v) is 8.43. The van der Waals surface area contributed by atoms with Gasteiger partial charge in [0.1, 0.15) is 0 Å². The van der Waals surface area contributed by atoms with Crippen molar-refractivity contribution in [2.24, 2.45) is 0 Å². The molecule has 1 aliphatic rings. The van der Waals surface area contributed by atoms with Crippen molar-refractivity contribution in [3.63, 3.8) is 0 Å². The van der Waals surface area contributed by atoms with Crippen molar-refractivity contribution in [2.45, 2.75) is 23.9 Å². The van der Waals surface area contributed by atoms with E-state index in [0.717, 1.165) is 18.0 Å². The standard InChI is InChI=1S/C18H17F3N2O4S/c1-28(25,26)14-5-6-15-12(9-14)3-2-8-23(15)17(24)13-4-7-16(22-10-13)27-11-18(19,20)21/h4-7,9-10H,2-3,8,11H2,1H3. The number of sulfone groups is 1.